The van der Waals surface area contributed by atoms with E-state index in [2.05, 4.69) is 9.88 Å². The molecule has 0 spiro atoms. The molecule has 2 aliphatic rings. The number of nitrogens with zero attached hydrogens (tertiary/aromatic N) is 3. The first kappa shape index (κ1) is 19.2. The molecular weight excluding hydrogens is 377 g/mol. The van der Waals surface area contributed by atoms with E-state index in [1.165, 1.54) is 5.56 Å². The molecule has 0 aliphatic carbocycles. The van der Waals surface area contributed by atoms with Crippen molar-refractivity contribution in [1.82, 2.24) is 4.98 Å². The number of halogens is 2. The first-order valence-corrected chi connectivity index (χ1v) is 10.4. The zero-order valence-corrected chi connectivity index (χ0v) is 16.7. The summed E-state index contributed by atoms with van der Waals surface area (Å²) in [6, 6.07) is 9.36. The third-order valence-electron chi connectivity index (χ3n) is 5.81. The predicted molar refractivity (Wildman–Crippen MR) is 111 cm³/mol. The Morgan fingerprint density at radius 3 is 2.75 bits per heavy atom. The molecule has 0 radical (unpaired) electrons. The van der Waals surface area contributed by atoms with E-state index in [0.717, 1.165) is 68.3 Å². The number of pyridine rings is 1. The van der Waals surface area contributed by atoms with Crippen LogP contribution in [0.4, 0.5) is 15.9 Å². The van der Waals surface area contributed by atoms with Crippen LogP contribution in [0, 0.1) is 5.92 Å². The maximum Gasteiger partial charge on any atom is 0.230 e. The number of benzene rings is 1. The van der Waals surface area contributed by atoms with Crippen LogP contribution >= 0.6 is 11.6 Å². The summed E-state index contributed by atoms with van der Waals surface area (Å²) in [5.74, 6) is 1.04. The molecule has 3 heterocycles. The van der Waals surface area contributed by atoms with Crippen molar-refractivity contribution >= 4 is 29.0 Å². The Morgan fingerprint density at radius 1 is 1.14 bits per heavy atom. The van der Waals surface area contributed by atoms with Crippen molar-refractivity contribution < 1.29 is 9.18 Å². The number of anilines is 2. The summed E-state index contributed by atoms with van der Waals surface area (Å²) >= 11 is 6.16. The fourth-order valence-corrected chi connectivity index (χ4v) is 4.44. The SMILES string of the molecule is O=C(C1CCN(c2cc(CF)ccn2)CC1)N1CCCCc2cc(Cl)ccc21. The van der Waals surface area contributed by atoms with E-state index in [1.807, 2.05) is 23.1 Å². The smallest absolute Gasteiger partial charge is 0.230 e. The third kappa shape index (κ3) is 4.00. The van der Waals surface area contributed by atoms with Crippen LogP contribution in [0.3, 0.4) is 0 Å². The number of piperidine rings is 1. The molecule has 0 unspecified atom stereocenters. The largest absolute Gasteiger partial charge is 0.357 e. The Labute approximate surface area is 170 Å². The van der Waals surface area contributed by atoms with Gasteiger partial charge in [-0.2, -0.15) is 0 Å². The number of carbonyl (C=O) groups is 1. The fourth-order valence-electron chi connectivity index (χ4n) is 4.24. The molecule has 28 heavy (non-hydrogen) atoms. The van der Waals surface area contributed by atoms with Crippen molar-refractivity contribution in [2.24, 2.45) is 5.92 Å². The van der Waals surface area contributed by atoms with Gasteiger partial charge in [0.15, 0.2) is 0 Å². The molecule has 2 aliphatic heterocycles. The normalized spacial score (nSPS) is 17.9. The molecule has 4 rings (SSSR count). The number of hydrogen-bond acceptors (Lipinski definition) is 3. The number of rotatable bonds is 3. The van der Waals surface area contributed by atoms with Gasteiger partial charge in [-0.15, -0.1) is 0 Å². The molecule has 1 fully saturated rings. The lowest BCUT2D eigenvalue weighted by Gasteiger charge is -2.35. The van der Waals surface area contributed by atoms with E-state index < -0.39 is 6.67 Å². The topological polar surface area (TPSA) is 36.4 Å². The lowest BCUT2D eigenvalue weighted by molar-refractivity contribution is -0.123. The van der Waals surface area contributed by atoms with Crippen LogP contribution in [0.5, 0.6) is 0 Å². The van der Waals surface area contributed by atoms with E-state index in [9.17, 15) is 9.18 Å². The van der Waals surface area contributed by atoms with Crippen molar-refractivity contribution in [3.63, 3.8) is 0 Å². The standard InChI is InChI=1S/C22H25ClFN3O/c23-19-4-5-20-18(14-19)3-1-2-10-27(20)22(28)17-7-11-26(12-8-17)21-13-16(15-24)6-9-25-21/h4-6,9,13-14,17H,1-3,7-8,10-12,15H2. The average Bonchev–Trinajstić information content (AvgIpc) is 2.95. The monoisotopic (exact) mass is 401 g/mol. The van der Waals surface area contributed by atoms with Gasteiger partial charge in [0.05, 0.1) is 0 Å². The quantitative estimate of drug-likeness (QED) is 0.741. The molecule has 0 saturated carbocycles. The Bertz CT molecular complexity index is 851. The van der Waals surface area contributed by atoms with Gasteiger partial charge in [-0.3, -0.25) is 4.79 Å². The van der Waals surface area contributed by atoms with Crippen LogP contribution in [0.25, 0.3) is 0 Å². The minimum absolute atomic E-state index is 0.0160. The van der Waals surface area contributed by atoms with E-state index in [-0.39, 0.29) is 11.8 Å². The van der Waals surface area contributed by atoms with Crippen LogP contribution in [0.2, 0.25) is 5.02 Å². The van der Waals surface area contributed by atoms with Crippen LogP contribution in [-0.4, -0.2) is 30.5 Å². The predicted octanol–water partition coefficient (Wildman–Crippen LogP) is 4.79. The van der Waals surface area contributed by atoms with Gasteiger partial charge in [0, 0.05) is 42.5 Å². The zero-order chi connectivity index (χ0) is 19.5. The second-order valence-corrected chi connectivity index (χ2v) is 8.07. The van der Waals surface area contributed by atoms with Crippen molar-refractivity contribution in [3.8, 4) is 0 Å². The summed E-state index contributed by atoms with van der Waals surface area (Å²) in [7, 11) is 0. The summed E-state index contributed by atoms with van der Waals surface area (Å²) in [4.78, 5) is 21.8. The third-order valence-corrected chi connectivity index (χ3v) is 6.04. The van der Waals surface area contributed by atoms with Crippen LogP contribution < -0.4 is 9.80 Å². The van der Waals surface area contributed by atoms with E-state index in [0.29, 0.717) is 5.56 Å². The molecule has 6 heteroatoms. The fraction of sp³-hybridized carbons (Fsp3) is 0.455. The van der Waals surface area contributed by atoms with Gasteiger partial charge in [-0.1, -0.05) is 11.6 Å². The number of alkyl halides is 1. The first-order chi connectivity index (χ1) is 13.7. The highest BCUT2D eigenvalue weighted by Gasteiger charge is 2.31. The molecular formula is C22H25ClFN3O. The Kier molecular flexibility index (Phi) is 5.81. The molecule has 1 aromatic carbocycles. The highest BCUT2D eigenvalue weighted by atomic mass is 35.5. The molecule has 2 aromatic rings. The molecule has 148 valence electrons. The van der Waals surface area contributed by atoms with Crippen LogP contribution in [-0.2, 0) is 17.9 Å². The van der Waals surface area contributed by atoms with Gasteiger partial charge in [-0.25, -0.2) is 9.37 Å². The van der Waals surface area contributed by atoms with Gasteiger partial charge < -0.3 is 9.80 Å². The van der Waals surface area contributed by atoms with Crippen LogP contribution in [0.1, 0.15) is 36.8 Å². The number of hydrogen-bond donors (Lipinski definition) is 0. The van der Waals surface area contributed by atoms with Crippen molar-refractivity contribution in [2.75, 3.05) is 29.4 Å². The lowest BCUT2D eigenvalue weighted by Crippen LogP contribution is -2.43. The maximum atomic E-state index is 13.3. The van der Waals surface area contributed by atoms with Gasteiger partial charge in [0.1, 0.15) is 12.5 Å². The van der Waals surface area contributed by atoms with Gasteiger partial charge in [0.25, 0.3) is 0 Å². The average molecular weight is 402 g/mol. The first-order valence-electron chi connectivity index (χ1n) is 10.0. The van der Waals surface area contributed by atoms with Crippen LogP contribution in [0.15, 0.2) is 36.5 Å². The van der Waals surface area contributed by atoms with E-state index in [1.54, 1.807) is 18.3 Å². The molecule has 1 amide bonds. The molecule has 0 atom stereocenters. The Morgan fingerprint density at radius 2 is 1.96 bits per heavy atom. The second kappa shape index (κ2) is 8.48. The zero-order valence-electron chi connectivity index (χ0n) is 15.9. The van der Waals surface area contributed by atoms with Gasteiger partial charge in [0.2, 0.25) is 5.91 Å². The molecule has 1 aromatic heterocycles. The maximum absolute atomic E-state index is 13.3. The van der Waals surface area contributed by atoms with Gasteiger partial charge in [-0.05, 0) is 73.6 Å². The minimum atomic E-state index is -0.483. The van der Waals surface area contributed by atoms with Crippen molar-refractivity contribution in [2.45, 2.75) is 38.8 Å². The number of fused-ring (bicyclic) bond motifs is 1. The molecule has 4 nitrogen and oxygen atoms in total. The molecule has 0 bridgehead atoms. The van der Waals surface area contributed by atoms with Gasteiger partial charge >= 0.3 is 0 Å². The van der Waals surface area contributed by atoms with Crippen molar-refractivity contribution in [1.29, 1.82) is 0 Å². The van der Waals surface area contributed by atoms with E-state index in [4.69, 9.17) is 11.6 Å². The summed E-state index contributed by atoms with van der Waals surface area (Å²) in [5, 5.41) is 0.726. The summed E-state index contributed by atoms with van der Waals surface area (Å²) in [6.45, 7) is 1.82. The second-order valence-electron chi connectivity index (χ2n) is 7.64. The van der Waals surface area contributed by atoms with E-state index >= 15 is 0 Å². The number of aromatic nitrogens is 1. The molecule has 0 N–H and O–H groups in total. The molecule has 1 saturated heterocycles. The Hall–Kier alpha value is -2.14. The highest BCUT2D eigenvalue weighted by Crippen LogP contribution is 2.32. The van der Waals surface area contributed by atoms with Crippen molar-refractivity contribution in [3.05, 3.63) is 52.7 Å². The Balaban J connectivity index is 1.45. The summed E-state index contributed by atoms with van der Waals surface area (Å²) < 4.78 is 12.9. The number of aryl methyl sites for hydroxylation is 1. The summed E-state index contributed by atoms with van der Waals surface area (Å²) in [5.41, 5.74) is 2.83. The highest BCUT2D eigenvalue weighted by molar-refractivity contribution is 6.30. The summed E-state index contributed by atoms with van der Waals surface area (Å²) in [6.07, 6.45) is 6.29. The minimum Gasteiger partial charge on any atom is -0.357 e. The lowest BCUT2D eigenvalue weighted by atomic mass is 9.94. The number of carbonyl (C=O) groups excluding carboxylic acids is 1. The number of amides is 1.